The topological polar surface area (TPSA) is 24.9 Å². The molecule has 0 spiro atoms. The quantitative estimate of drug-likeness (QED) is 0.760. The van der Waals surface area contributed by atoms with Crippen molar-refractivity contribution in [1.82, 2.24) is 10.3 Å². The molecule has 0 amide bonds. The first-order chi connectivity index (χ1) is 6.33. The SMILES string of the molecule is CN[C@@H](C)CC=Cc1cccnc1. The van der Waals surface area contributed by atoms with Crippen molar-refractivity contribution in [2.75, 3.05) is 7.05 Å². The molecular formula is C11H16N2. The number of hydrogen-bond donors (Lipinski definition) is 1. The minimum Gasteiger partial charge on any atom is -0.317 e. The van der Waals surface area contributed by atoms with Crippen LogP contribution >= 0.6 is 0 Å². The second kappa shape index (κ2) is 5.49. The molecule has 0 saturated carbocycles. The maximum absolute atomic E-state index is 4.04. The highest BCUT2D eigenvalue weighted by Crippen LogP contribution is 2.00. The fourth-order valence-electron chi connectivity index (χ4n) is 1.00. The van der Waals surface area contributed by atoms with E-state index in [2.05, 4.69) is 29.4 Å². The Labute approximate surface area is 79.7 Å². The monoisotopic (exact) mass is 176 g/mol. The van der Waals surface area contributed by atoms with Crippen LogP contribution in [0.25, 0.3) is 6.08 Å². The molecule has 0 aromatic carbocycles. The maximum Gasteiger partial charge on any atom is 0.0340 e. The number of rotatable bonds is 4. The molecule has 0 bridgehead atoms. The van der Waals surface area contributed by atoms with Crippen LogP contribution in [0.15, 0.2) is 30.6 Å². The van der Waals surface area contributed by atoms with Gasteiger partial charge in [-0.25, -0.2) is 0 Å². The van der Waals surface area contributed by atoms with Crippen LogP contribution in [0.2, 0.25) is 0 Å². The summed E-state index contributed by atoms with van der Waals surface area (Å²) < 4.78 is 0. The fraction of sp³-hybridized carbons (Fsp3) is 0.364. The molecule has 0 aliphatic heterocycles. The second-order valence-corrected chi connectivity index (χ2v) is 3.11. The lowest BCUT2D eigenvalue weighted by Crippen LogP contribution is -2.19. The van der Waals surface area contributed by atoms with Gasteiger partial charge >= 0.3 is 0 Å². The summed E-state index contributed by atoms with van der Waals surface area (Å²) in [6.07, 6.45) is 8.96. The summed E-state index contributed by atoms with van der Waals surface area (Å²) in [5, 5.41) is 3.18. The van der Waals surface area contributed by atoms with Gasteiger partial charge in [-0.2, -0.15) is 0 Å². The lowest BCUT2D eigenvalue weighted by molar-refractivity contribution is 0.621. The zero-order chi connectivity index (χ0) is 9.52. The van der Waals surface area contributed by atoms with Crippen molar-refractivity contribution in [3.05, 3.63) is 36.2 Å². The van der Waals surface area contributed by atoms with Crippen molar-refractivity contribution in [3.8, 4) is 0 Å². The molecular weight excluding hydrogens is 160 g/mol. The van der Waals surface area contributed by atoms with Gasteiger partial charge in [0.25, 0.3) is 0 Å². The Bertz CT molecular complexity index is 254. The molecule has 1 atom stereocenters. The van der Waals surface area contributed by atoms with E-state index in [9.17, 15) is 0 Å². The molecule has 0 saturated heterocycles. The van der Waals surface area contributed by atoms with Crippen molar-refractivity contribution in [2.24, 2.45) is 0 Å². The average molecular weight is 176 g/mol. The molecule has 1 aromatic rings. The van der Waals surface area contributed by atoms with Gasteiger partial charge in [0, 0.05) is 18.4 Å². The van der Waals surface area contributed by atoms with E-state index in [4.69, 9.17) is 0 Å². The number of aromatic nitrogens is 1. The van der Waals surface area contributed by atoms with E-state index in [0.29, 0.717) is 6.04 Å². The molecule has 2 nitrogen and oxygen atoms in total. The Morgan fingerprint density at radius 1 is 1.62 bits per heavy atom. The third-order valence-electron chi connectivity index (χ3n) is 1.98. The second-order valence-electron chi connectivity index (χ2n) is 3.11. The van der Waals surface area contributed by atoms with Crippen LogP contribution < -0.4 is 5.32 Å². The van der Waals surface area contributed by atoms with Gasteiger partial charge in [0.05, 0.1) is 0 Å². The van der Waals surface area contributed by atoms with Crippen LogP contribution in [0.1, 0.15) is 18.9 Å². The summed E-state index contributed by atoms with van der Waals surface area (Å²) in [5.41, 5.74) is 1.16. The predicted molar refractivity (Wildman–Crippen MR) is 56.4 cm³/mol. The Balaban J connectivity index is 2.41. The minimum absolute atomic E-state index is 0.535. The van der Waals surface area contributed by atoms with E-state index >= 15 is 0 Å². The predicted octanol–water partition coefficient (Wildman–Crippen LogP) is 2.09. The van der Waals surface area contributed by atoms with Crippen LogP contribution in [-0.4, -0.2) is 18.1 Å². The maximum atomic E-state index is 4.04. The Morgan fingerprint density at radius 3 is 3.08 bits per heavy atom. The largest absolute Gasteiger partial charge is 0.317 e. The van der Waals surface area contributed by atoms with Gasteiger partial charge in [-0.3, -0.25) is 4.98 Å². The summed E-state index contributed by atoms with van der Waals surface area (Å²) in [6, 6.07) is 4.53. The average Bonchev–Trinajstić information content (AvgIpc) is 2.19. The zero-order valence-electron chi connectivity index (χ0n) is 8.20. The van der Waals surface area contributed by atoms with Gasteiger partial charge in [0.2, 0.25) is 0 Å². The van der Waals surface area contributed by atoms with E-state index in [1.54, 1.807) is 6.20 Å². The molecule has 2 heteroatoms. The third-order valence-corrected chi connectivity index (χ3v) is 1.98. The smallest absolute Gasteiger partial charge is 0.0340 e. The van der Waals surface area contributed by atoms with E-state index in [1.807, 2.05) is 25.4 Å². The zero-order valence-corrected chi connectivity index (χ0v) is 8.20. The first-order valence-electron chi connectivity index (χ1n) is 4.56. The lowest BCUT2D eigenvalue weighted by atomic mass is 10.2. The van der Waals surface area contributed by atoms with Gasteiger partial charge in [0.15, 0.2) is 0 Å². The fourth-order valence-corrected chi connectivity index (χ4v) is 1.00. The molecule has 0 aliphatic rings. The van der Waals surface area contributed by atoms with Crippen LogP contribution in [-0.2, 0) is 0 Å². The van der Waals surface area contributed by atoms with Crippen molar-refractivity contribution in [2.45, 2.75) is 19.4 Å². The van der Waals surface area contributed by atoms with Crippen LogP contribution in [0.4, 0.5) is 0 Å². The van der Waals surface area contributed by atoms with Gasteiger partial charge in [-0.05, 0) is 32.0 Å². The van der Waals surface area contributed by atoms with Gasteiger partial charge < -0.3 is 5.32 Å². The molecule has 0 fully saturated rings. The number of nitrogens with one attached hydrogen (secondary N) is 1. The van der Waals surface area contributed by atoms with Gasteiger partial charge in [-0.15, -0.1) is 0 Å². The molecule has 0 unspecified atom stereocenters. The normalized spacial score (nSPS) is 13.4. The summed E-state index contributed by atoms with van der Waals surface area (Å²) >= 11 is 0. The van der Waals surface area contributed by atoms with Crippen LogP contribution in [0, 0.1) is 0 Å². The van der Waals surface area contributed by atoms with Gasteiger partial charge in [0.1, 0.15) is 0 Å². The van der Waals surface area contributed by atoms with Crippen LogP contribution in [0.3, 0.4) is 0 Å². The minimum atomic E-state index is 0.535. The Kier molecular flexibility index (Phi) is 4.19. The number of pyridine rings is 1. The van der Waals surface area contributed by atoms with E-state index in [0.717, 1.165) is 12.0 Å². The standard InChI is InChI=1S/C11H16N2/c1-10(12-2)5-3-6-11-7-4-8-13-9-11/h3-4,6-10,12H,5H2,1-2H3/t10-/m0/s1. The van der Waals surface area contributed by atoms with Gasteiger partial charge in [-0.1, -0.05) is 18.2 Å². The molecule has 1 N–H and O–H groups in total. The Hall–Kier alpha value is -1.15. The van der Waals surface area contributed by atoms with Crippen molar-refractivity contribution < 1.29 is 0 Å². The summed E-state index contributed by atoms with van der Waals surface area (Å²) in [6.45, 7) is 2.16. The first-order valence-corrected chi connectivity index (χ1v) is 4.56. The molecule has 0 radical (unpaired) electrons. The van der Waals surface area contributed by atoms with E-state index in [1.165, 1.54) is 0 Å². The Morgan fingerprint density at radius 2 is 2.46 bits per heavy atom. The molecule has 1 heterocycles. The highest BCUT2D eigenvalue weighted by Gasteiger charge is 1.91. The summed E-state index contributed by atoms with van der Waals surface area (Å²) in [7, 11) is 1.97. The molecule has 1 aromatic heterocycles. The first kappa shape index (κ1) is 9.93. The third kappa shape index (κ3) is 3.85. The summed E-state index contributed by atoms with van der Waals surface area (Å²) in [4.78, 5) is 4.04. The van der Waals surface area contributed by atoms with Crippen LogP contribution in [0.5, 0.6) is 0 Å². The van der Waals surface area contributed by atoms with E-state index < -0.39 is 0 Å². The highest BCUT2D eigenvalue weighted by molar-refractivity contribution is 5.47. The molecule has 70 valence electrons. The number of nitrogens with zero attached hydrogens (tertiary/aromatic N) is 1. The van der Waals surface area contributed by atoms with E-state index in [-0.39, 0.29) is 0 Å². The highest BCUT2D eigenvalue weighted by atomic mass is 14.8. The van der Waals surface area contributed by atoms with Crippen molar-refractivity contribution in [1.29, 1.82) is 0 Å². The number of hydrogen-bond acceptors (Lipinski definition) is 2. The summed E-state index contributed by atoms with van der Waals surface area (Å²) in [5.74, 6) is 0. The lowest BCUT2D eigenvalue weighted by Gasteiger charge is -2.04. The molecule has 1 rings (SSSR count). The molecule has 13 heavy (non-hydrogen) atoms. The van der Waals surface area contributed by atoms with Crippen molar-refractivity contribution in [3.63, 3.8) is 0 Å². The molecule has 0 aliphatic carbocycles. The van der Waals surface area contributed by atoms with Crippen molar-refractivity contribution >= 4 is 6.08 Å².